The Labute approximate surface area is 108 Å². The van der Waals surface area contributed by atoms with Crippen LogP contribution in [-0.4, -0.2) is 18.0 Å². The molecule has 1 saturated carbocycles. The third-order valence-electron chi connectivity index (χ3n) is 3.78. The molecular formula is C15H19FN2. The van der Waals surface area contributed by atoms with Crippen molar-refractivity contribution < 1.29 is 4.39 Å². The quantitative estimate of drug-likeness (QED) is 0.797. The maximum atomic E-state index is 14.0. The van der Waals surface area contributed by atoms with E-state index in [1.165, 1.54) is 25.3 Å². The minimum atomic E-state index is -0.355. The number of nitrogens with zero attached hydrogens (tertiary/aromatic N) is 2. The number of nitriles is 1. The van der Waals surface area contributed by atoms with Gasteiger partial charge < -0.3 is 0 Å². The lowest BCUT2D eigenvalue weighted by Crippen LogP contribution is -2.32. The third kappa shape index (κ3) is 2.88. The fourth-order valence-electron chi connectivity index (χ4n) is 2.38. The Kier molecular flexibility index (Phi) is 4.33. The fourth-order valence-corrected chi connectivity index (χ4v) is 2.38. The van der Waals surface area contributed by atoms with Gasteiger partial charge in [-0.3, -0.25) is 4.90 Å². The predicted molar refractivity (Wildman–Crippen MR) is 69.4 cm³/mol. The summed E-state index contributed by atoms with van der Waals surface area (Å²) in [6, 6.07) is 6.96. The van der Waals surface area contributed by atoms with Gasteiger partial charge in [-0.1, -0.05) is 25.5 Å². The van der Waals surface area contributed by atoms with Gasteiger partial charge in [0.05, 0.1) is 5.56 Å². The van der Waals surface area contributed by atoms with Gasteiger partial charge in [-0.15, -0.1) is 0 Å². The molecule has 0 aliphatic heterocycles. The van der Waals surface area contributed by atoms with Crippen molar-refractivity contribution in [1.82, 2.24) is 4.90 Å². The lowest BCUT2D eigenvalue weighted by atomic mass is 9.85. The Morgan fingerprint density at radius 3 is 2.78 bits per heavy atom. The molecule has 0 unspecified atom stereocenters. The molecule has 1 fully saturated rings. The lowest BCUT2D eigenvalue weighted by molar-refractivity contribution is 0.176. The van der Waals surface area contributed by atoms with Gasteiger partial charge in [0.2, 0.25) is 0 Å². The van der Waals surface area contributed by atoms with Crippen molar-refractivity contribution in [2.75, 3.05) is 13.1 Å². The number of halogens is 1. The van der Waals surface area contributed by atoms with Crippen LogP contribution in [0.2, 0.25) is 0 Å². The normalized spacial score (nSPS) is 15.4. The van der Waals surface area contributed by atoms with Gasteiger partial charge in [0, 0.05) is 18.7 Å². The number of rotatable bonds is 5. The van der Waals surface area contributed by atoms with Gasteiger partial charge in [-0.05, 0) is 31.4 Å². The summed E-state index contributed by atoms with van der Waals surface area (Å²) in [5.41, 5.74) is 0.780. The third-order valence-corrected chi connectivity index (χ3v) is 3.78. The van der Waals surface area contributed by atoms with Crippen molar-refractivity contribution >= 4 is 0 Å². The van der Waals surface area contributed by atoms with Crippen molar-refractivity contribution in [3.8, 4) is 6.07 Å². The lowest BCUT2D eigenvalue weighted by Gasteiger charge is -2.31. The molecule has 0 aromatic heterocycles. The van der Waals surface area contributed by atoms with Crippen LogP contribution in [0.15, 0.2) is 18.2 Å². The molecular weight excluding hydrogens is 227 g/mol. The molecule has 1 aromatic rings. The van der Waals surface area contributed by atoms with Gasteiger partial charge >= 0.3 is 0 Å². The maximum absolute atomic E-state index is 14.0. The van der Waals surface area contributed by atoms with Crippen LogP contribution in [0.25, 0.3) is 0 Å². The Balaban J connectivity index is 2.04. The molecule has 3 heteroatoms. The predicted octanol–water partition coefficient (Wildman–Crippen LogP) is 3.32. The van der Waals surface area contributed by atoms with E-state index in [2.05, 4.69) is 11.8 Å². The summed E-state index contributed by atoms with van der Waals surface area (Å²) in [5.74, 6) is 0.430. The first-order valence-corrected chi connectivity index (χ1v) is 6.64. The molecule has 1 aliphatic carbocycles. The first-order valence-electron chi connectivity index (χ1n) is 6.64. The first-order chi connectivity index (χ1) is 8.74. The van der Waals surface area contributed by atoms with E-state index in [9.17, 15) is 4.39 Å². The van der Waals surface area contributed by atoms with E-state index in [1.807, 2.05) is 6.07 Å². The molecule has 0 N–H and O–H groups in total. The molecule has 0 atom stereocenters. The second-order valence-corrected chi connectivity index (χ2v) is 5.02. The van der Waals surface area contributed by atoms with Gasteiger partial charge in [-0.2, -0.15) is 5.26 Å². The van der Waals surface area contributed by atoms with Crippen LogP contribution >= 0.6 is 0 Å². The Morgan fingerprint density at radius 2 is 2.22 bits per heavy atom. The minimum absolute atomic E-state index is 0.146. The summed E-state index contributed by atoms with van der Waals surface area (Å²) in [5, 5.41) is 8.82. The van der Waals surface area contributed by atoms with E-state index < -0.39 is 0 Å². The summed E-state index contributed by atoms with van der Waals surface area (Å²) in [6.45, 7) is 4.68. The zero-order valence-electron chi connectivity index (χ0n) is 10.8. The number of hydrogen-bond acceptors (Lipinski definition) is 2. The largest absolute Gasteiger partial charge is 0.299 e. The van der Waals surface area contributed by atoms with Crippen LogP contribution in [0.4, 0.5) is 4.39 Å². The van der Waals surface area contributed by atoms with Crippen molar-refractivity contribution in [3.05, 3.63) is 35.1 Å². The molecule has 0 radical (unpaired) electrons. The summed E-state index contributed by atoms with van der Waals surface area (Å²) in [4.78, 5) is 2.27. The highest BCUT2D eigenvalue weighted by Crippen LogP contribution is 2.27. The van der Waals surface area contributed by atoms with E-state index in [0.29, 0.717) is 12.1 Å². The summed E-state index contributed by atoms with van der Waals surface area (Å²) in [6.07, 6.45) is 3.94. The second kappa shape index (κ2) is 5.97. The van der Waals surface area contributed by atoms with E-state index in [-0.39, 0.29) is 11.4 Å². The fraction of sp³-hybridized carbons (Fsp3) is 0.533. The van der Waals surface area contributed by atoms with E-state index in [1.54, 1.807) is 12.1 Å². The van der Waals surface area contributed by atoms with Gasteiger partial charge in [0.25, 0.3) is 0 Å². The molecule has 96 valence electrons. The monoisotopic (exact) mass is 246 g/mol. The smallest absolute Gasteiger partial charge is 0.145 e. The maximum Gasteiger partial charge on any atom is 0.145 e. The zero-order valence-corrected chi connectivity index (χ0v) is 10.8. The molecule has 0 amide bonds. The summed E-state index contributed by atoms with van der Waals surface area (Å²) < 4.78 is 14.0. The molecule has 2 rings (SSSR count). The highest BCUT2D eigenvalue weighted by atomic mass is 19.1. The molecule has 0 heterocycles. The minimum Gasteiger partial charge on any atom is -0.299 e. The van der Waals surface area contributed by atoms with Crippen LogP contribution in [-0.2, 0) is 6.54 Å². The molecule has 2 nitrogen and oxygen atoms in total. The van der Waals surface area contributed by atoms with Gasteiger partial charge in [0.1, 0.15) is 11.9 Å². The second-order valence-electron chi connectivity index (χ2n) is 5.02. The summed E-state index contributed by atoms with van der Waals surface area (Å²) in [7, 11) is 0. The SMILES string of the molecule is CCN(Cc1cccc(C#N)c1F)CC1CCC1. The summed E-state index contributed by atoms with van der Waals surface area (Å²) >= 11 is 0. The molecule has 0 spiro atoms. The molecule has 0 bridgehead atoms. The Hall–Kier alpha value is -1.40. The average Bonchev–Trinajstić information content (AvgIpc) is 2.34. The van der Waals surface area contributed by atoms with Crippen molar-refractivity contribution in [1.29, 1.82) is 5.26 Å². The van der Waals surface area contributed by atoms with Crippen molar-refractivity contribution in [2.45, 2.75) is 32.7 Å². The molecule has 18 heavy (non-hydrogen) atoms. The molecule has 1 aromatic carbocycles. The van der Waals surface area contributed by atoms with Crippen LogP contribution in [0.1, 0.15) is 37.3 Å². The topological polar surface area (TPSA) is 27.0 Å². The highest BCUT2D eigenvalue weighted by molar-refractivity contribution is 5.34. The average molecular weight is 246 g/mol. The van der Waals surface area contributed by atoms with Crippen molar-refractivity contribution in [2.24, 2.45) is 5.92 Å². The Bertz CT molecular complexity index is 446. The molecule has 1 aliphatic rings. The zero-order chi connectivity index (χ0) is 13.0. The van der Waals surface area contributed by atoms with E-state index >= 15 is 0 Å². The van der Waals surface area contributed by atoms with Gasteiger partial charge in [-0.25, -0.2) is 4.39 Å². The Morgan fingerprint density at radius 1 is 1.44 bits per heavy atom. The van der Waals surface area contributed by atoms with E-state index in [0.717, 1.165) is 19.0 Å². The van der Waals surface area contributed by atoms with Crippen LogP contribution < -0.4 is 0 Å². The van der Waals surface area contributed by atoms with E-state index in [4.69, 9.17) is 5.26 Å². The number of benzene rings is 1. The first kappa shape index (κ1) is 13.0. The highest BCUT2D eigenvalue weighted by Gasteiger charge is 2.20. The van der Waals surface area contributed by atoms with Crippen molar-refractivity contribution in [3.63, 3.8) is 0 Å². The van der Waals surface area contributed by atoms with Gasteiger partial charge in [0.15, 0.2) is 0 Å². The van der Waals surface area contributed by atoms with Crippen LogP contribution in [0.5, 0.6) is 0 Å². The van der Waals surface area contributed by atoms with Crippen LogP contribution in [0, 0.1) is 23.1 Å². The molecule has 0 saturated heterocycles. The van der Waals surface area contributed by atoms with Crippen LogP contribution in [0.3, 0.4) is 0 Å². The number of hydrogen-bond donors (Lipinski definition) is 0. The standard InChI is InChI=1S/C15H19FN2/c1-2-18(10-12-5-3-6-12)11-14-8-4-7-13(9-17)15(14)16/h4,7-8,12H,2-3,5-6,10-11H2,1H3.